The molecule has 0 atom stereocenters. The number of nitrogen functional groups attached to an aromatic ring is 1. The highest BCUT2D eigenvalue weighted by Crippen LogP contribution is 2.32. The van der Waals surface area contributed by atoms with E-state index in [9.17, 15) is 13.2 Å². The Balaban J connectivity index is 2.07. The molecule has 0 unspecified atom stereocenters. The molecule has 0 aromatic carbocycles. The van der Waals surface area contributed by atoms with E-state index >= 15 is 0 Å². The Labute approximate surface area is 122 Å². The quantitative estimate of drug-likeness (QED) is 0.655. The number of hydrogen-bond acceptors (Lipinski definition) is 6. The fourth-order valence-electron chi connectivity index (χ4n) is 1.63. The lowest BCUT2D eigenvalue weighted by molar-refractivity contribution is -0.137. The summed E-state index contributed by atoms with van der Waals surface area (Å²) in [5, 5.41) is 0. The van der Waals surface area contributed by atoms with Crippen LogP contribution in [0.2, 0.25) is 0 Å². The fourth-order valence-corrected chi connectivity index (χ4v) is 2.39. The van der Waals surface area contributed by atoms with E-state index in [0.717, 1.165) is 22.7 Å². The van der Waals surface area contributed by atoms with Crippen LogP contribution in [0.15, 0.2) is 17.6 Å². The van der Waals surface area contributed by atoms with E-state index in [1.807, 2.05) is 6.92 Å². The number of aryl methyl sites for hydroxylation is 1. The molecular formula is C12H13F3N4OS. The van der Waals surface area contributed by atoms with E-state index in [-0.39, 0.29) is 18.3 Å². The van der Waals surface area contributed by atoms with Gasteiger partial charge in [0.1, 0.15) is 5.82 Å². The number of nitrogens with one attached hydrogen (secondary N) is 1. The first kappa shape index (κ1) is 15.5. The van der Waals surface area contributed by atoms with Gasteiger partial charge in [-0.05, 0) is 13.0 Å². The first-order valence-electron chi connectivity index (χ1n) is 5.98. The van der Waals surface area contributed by atoms with Crippen LogP contribution < -0.4 is 16.0 Å². The summed E-state index contributed by atoms with van der Waals surface area (Å²) in [6.45, 7) is 2.08. The molecule has 2 rings (SSSR count). The molecule has 9 heteroatoms. The average molecular weight is 318 g/mol. The summed E-state index contributed by atoms with van der Waals surface area (Å²) in [5.74, 6) is 4.89. The maximum Gasteiger partial charge on any atom is 0.416 e. The Morgan fingerprint density at radius 1 is 1.38 bits per heavy atom. The van der Waals surface area contributed by atoms with Crippen molar-refractivity contribution in [3.63, 3.8) is 0 Å². The van der Waals surface area contributed by atoms with Crippen molar-refractivity contribution in [1.82, 2.24) is 9.97 Å². The number of hydrazine groups is 1. The SMILES string of the molecule is Cc1ncsc1CCOc1cc(C(F)(F)F)cc(NN)n1. The van der Waals surface area contributed by atoms with Crippen molar-refractivity contribution >= 4 is 17.2 Å². The summed E-state index contributed by atoms with van der Waals surface area (Å²) in [7, 11) is 0. The predicted octanol–water partition coefficient (Wildman–Crippen LogP) is 2.77. The van der Waals surface area contributed by atoms with E-state index in [4.69, 9.17) is 10.6 Å². The molecule has 0 aliphatic carbocycles. The number of nitrogens with two attached hydrogens (primary N) is 1. The topological polar surface area (TPSA) is 73.1 Å². The lowest BCUT2D eigenvalue weighted by atomic mass is 10.2. The van der Waals surface area contributed by atoms with E-state index in [0.29, 0.717) is 6.42 Å². The van der Waals surface area contributed by atoms with Crippen LogP contribution in [0.25, 0.3) is 0 Å². The number of rotatable bonds is 5. The number of anilines is 1. The number of ether oxygens (including phenoxy) is 1. The number of thiazole rings is 1. The van der Waals surface area contributed by atoms with E-state index < -0.39 is 11.7 Å². The molecule has 0 saturated carbocycles. The molecule has 0 bridgehead atoms. The maximum absolute atomic E-state index is 12.7. The van der Waals surface area contributed by atoms with Crippen LogP contribution in [0.4, 0.5) is 19.0 Å². The monoisotopic (exact) mass is 318 g/mol. The van der Waals surface area contributed by atoms with Crippen LogP contribution in [-0.2, 0) is 12.6 Å². The van der Waals surface area contributed by atoms with Crippen LogP contribution in [0, 0.1) is 6.92 Å². The third-order valence-electron chi connectivity index (χ3n) is 2.70. The van der Waals surface area contributed by atoms with E-state index in [2.05, 4.69) is 15.4 Å². The van der Waals surface area contributed by atoms with Crippen molar-refractivity contribution in [2.45, 2.75) is 19.5 Å². The van der Waals surface area contributed by atoms with Gasteiger partial charge in [0.25, 0.3) is 0 Å². The number of pyridine rings is 1. The van der Waals surface area contributed by atoms with E-state index in [1.165, 1.54) is 11.3 Å². The molecular weight excluding hydrogens is 305 g/mol. The van der Waals surface area contributed by atoms with Crippen molar-refractivity contribution in [3.05, 3.63) is 33.8 Å². The number of aromatic nitrogens is 2. The van der Waals surface area contributed by atoms with Gasteiger partial charge >= 0.3 is 6.18 Å². The lowest BCUT2D eigenvalue weighted by Crippen LogP contribution is -2.13. The minimum atomic E-state index is -4.49. The van der Waals surface area contributed by atoms with Gasteiger partial charge < -0.3 is 10.2 Å². The summed E-state index contributed by atoms with van der Waals surface area (Å²) in [6.07, 6.45) is -3.93. The Hall–Kier alpha value is -1.87. The number of nitrogens with zero attached hydrogens (tertiary/aromatic N) is 2. The van der Waals surface area contributed by atoms with Gasteiger partial charge in [-0.1, -0.05) is 0 Å². The van der Waals surface area contributed by atoms with Crippen LogP contribution in [0.3, 0.4) is 0 Å². The molecule has 5 nitrogen and oxygen atoms in total. The molecule has 0 aliphatic rings. The Kier molecular flexibility index (Phi) is 4.63. The van der Waals surface area contributed by atoms with Gasteiger partial charge in [-0.3, -0.25) is 0 Å². The molecule has 0 amide bonds. The molecule has 0 aliphatic heterocycles. The van der Waals surface area contributed by atoms with Gasteiger partial charge in [-0.2, -0.15) is 18.2 Å². The van der Waals surface area contributed by atoms with Crippen LogP contribution >= 0.6 is 11.3 Å². The molecule has 3 N–H and O–H groups in total. The molecule has 2 heterocycles. The minimum Gasteiger partial charge on any atom is -0.477 e. The molecule has 0 spiro atoms. The molecule has 21 heavy (non-hydrogen) atoms. The normalized spacial score (nSPS) is 11.5. The van der Waals surface area contributed by atoms with Gasteiger partial charge in [-0.25, -0.2) is 10.8 Å². The summed E-state index contributed by atoms with van der Waals surface area (Å²) in [6, 6.07) is 1.67. The van der Waals surface area contributed by atoms with Crippen molar-refractivity contribution in [2.75, 3.05) is 12.0 Å². The van der Waals surface area contributed by atoms with Crippen molar-refractivity contribution in [1.29, 1.82) is 0 Å². The minimum absolute atomic E-state index is 0.103. The highest BCUT2D eigenvalue weighted by Gasteiger charge is 2.32. The molecule has 0 radical (unpaired) electrons. The molecule has 114 valence electrons. The highest BCUT2D eigenvalue weighted by atomic mass is 32.1. The van der Waals surface area contributed by atoms with Gasteiger partial charge in [-0.15, -0.1) is 11.3 Å². The van der Waals surface area contributed by atoms with Crippen LogP contribution in [-0.4, -0.2) is 16.6 Å². The highest BCUT2D eigenvalue weighted by molar-refractivity contribution is 7.09. The average Bonchev–Trinajstić information content (AvgIpc) is 2.83. The van der Waals surface area contributed by atoms with Crippen molar-refractivity contribution in [2.24, 2.45) is 5.84 Å². The number of halogens is 3. The third-order valence-corrected chi connectivity index (χ3v) is 3.70. The van der Waals surface area contributed by atoms with Gasteiger partial charge in [0.05, 0.1) is 23.4 Å². The van der Waals surface area contributed by atoms with Crippen LogP contribution in [0.5, 0.6) is 5.88 Å². The number of alkyl halides is 3. The number of hydrogen-bond donors (Lipinski definition) is 2. The zero-order valence-electron chi connectivity index (χ0n) is 11.1. The standard InChI is InChI=1S/C12H13F3N4OS/c1-7-9(21-6-17-7)2-3-20-11-5-8(12(13,14)15)4-10(18-11)19-16/h4-6H,2-3,16H2,1H3,(H,18,19). The fraction of sp³-hybridized carbons (Fsp3) is 0.333. The zero-order valence-corrected chi connectivity index (χ0v) is 11.9. The largest absolute Gasteiger partial charge is 0.477 e. The van der Waals surface area contributed by atoms with Gasteiger partial charge in [0.15, 0.2) is 0 Å². The third kappa shape index (κ3) is 4.05. The first-order chi connectivity index (χ1) is 9.90. The first-order valence-corrected chi connectivity index (χ1v) is 6.86. The second-order valence-corrected chi connectivity index (χ2v) is 5.12. The van der Waals surface area contributed by atoms with Crippen molar-refractivity contribution in [3.8, 4) is 5.88 Å². The predicted molar refractivity (Wildman–Crippen MR) is 73.1 cm³/mol. The molecule has 0 saturated heterocycles. The van der Waals surface area contributed by atoms with Gasteiger partial charge in [0, 0.05) is 17.4 Å². The summed E-state index contributed by atoms with van der Waals surface area (Å²) < 4.78 is 43.5. The molecule has 2 aromatic rings. The Morgan fingerprint density at radius 2 is 2.14 bits per heavy atom. The summed E-state index contributed by atoms with van der Waals surface area (Å²) >= 11 is 1.48. The second kappa shape index (κ2) is 6.27. The molecule has 0 fully saturated rings. The van der Waals surface area contributed by atoms with E-state index in [1.54, 1.807) is 5.51 Å². The smallest absolute Gasteiger partial charge is 0.416 e. The second-order valence-electron chi connectivity index (χ2n) is 4.18. The maximum atomic E-state index is 12.7. The zero-order chi connectivity index (χ0) is 15.5. The van der Waals surface area contributed by atoms with Crippen molar-refractivity contribution < 1.29 is 17.9 Å². The summed E-state index contributed by atoms with van der Waals surface area (Å²) in [4.78, 5) is 8.95. The Morgan fingerprint density at radius 3 is 2.71 bits per heavy atom. The van der Waals surface area contributed by atoms with Crippen LogP contribution in [0.1, 0.15) is 16.1 Å². The molecule has 2 aromatic heterocycles. The lowest BCUT2D eigenvalue weighted by Gasteiger charge is -2.11. The van der Waals surface area contributed by atoms with Gasteiger partial charge in [0.2, 0.25) is 5.88 Å². The Bertz CT molecular complexity index is 615. The summed E-state index contributed by atoms with van der Waals surface area (Å²) in [5.41, 5.74) is 3.83.